The van der Waals surface area contributed by atoms with E-state index < -0.39 is 0 Å². The summed E-state index contributed by atoms with van der Waals surface area (Å²) in [7, 11) is 0. The molecule has 0 aromatic heterocycles. The minimum absolute atomic E-state index is 0.237. The molecular weight excluding hydrogens is 254 g/mol. The summed E-state index contributed by atoms with van der Waals surface area (Å²) in [5.41, 5.74) is 3.86. The lowest BCUT2D eigenvalue weighted by molar-refractivity contribution is 0.00359. The van der Waals surface area contributed by atoms with Crippen molar-refractivity contribution in [3.63, 3.8) is 0 Å². The number of rotatable bonds is 5. The van der Waals surface area contributed by atoms with Gasteiger partial charge < -0.3 is 4.74 Å². The van der Waals surface area contributed by atoms with Crippen molar-refractivity contribution in [1.29, 1.82) is 0 Å². The second kappa shape index (κ2) is 7.38. The smallest absolute Gasteiger partial charge is 0.265 e. The zero-order chi connectivity index (χ0) is 14.4. The molecule has 1 atom stereocenters. The maximum atomic E-state index is 11.8. The van der Waals surface area contributed by atoms with Crippen LogP contribution in [-0.2, 0) is 11.3 Å². The molecule has 1 amide bonds. The Morgan fingerprint density at radius 3 is 3.05 bits per heavy atom. The van der Waals surface area contributed by atoms with E-state index in [9.17, 15) is 4.79 Å². The molecular formula is C15H23N3O2. The molecule has 0 aliphatic carbocycles. The van der Waals surface area contributed by atoms with Gasteiger partial charge in [0, 0.05) is 25.3 Å². The van der Waals surface area contributed by atoms with Gasteiger partial charge in [0.05, 0.1) is 6.10 Å². The average Bonchev–Trinajstić information content (AvgIpc) is 2.48. The number of hydrazine groups is 1. The molecule has 5 heteroatoms. The van der Waals surface area contributed by atoms with E-state index in [1.54, 1.807) is 0 Å². The fourth-order valence-electron chi connectivity index (χ4n) is 2.73. The number of nitrogen functional groups attached to an aromatic ring is 1. The maximum absolute atomic E-state index is 11.8. The molecule has 1 aromatic carbocycles. The summed E-state index contributed by atoms with van der Waals surface area (Å²) < 4.78 is 5.71. The van der Waals surface area contributed by atoms with Crippen molar-refractivity contribution in [3.8, 4) is 0 Å². The molecule has 0 bridgehead atoms. The average molecular weight is 277 g/mol. The molecule has 1 heterocycles. The first-order valence-corrected chi connectivity index (χ1v) is 7.17. The highest BCUT2D eigenvalue weighted by Gasteiger charge is 2.21. The van der Waals surface area contributed by atoms with Gasteiger partial charge in [0.25, 0.3) is 5.91 Å². The Labute approximate surface area is 120 Å². The quantitative estimate of drug-likeness (QED) is 0.483. The van der Waals surface area contributed by atoms with Crippen molar-refractivity contribution in [2.45, 2.75) is 32.4 Å². The molecule has 3 N–H and O–H groups in total. The summed E-state index contributed by atoms with van der Waals surface area (Å²) in [6.07, 6.45) is 2.56. The summed E-state index contributed by atoms with van der Waals surface area (Å²) in [6, 6.07) is 7.59. The molecule has 2 rings (SSSR count). The second-order valence-corrected chi connectivity index (χ2v) is 5.09. The van der Waals surface area contributed by atoms with Crippen LogP contribution in [0.3, 0.4) is 0 Å². The van der Waals surface area contributed by atoms with Crippen LogP contribution in [0, 0.1) is 0 Å². The van der Waals surface area contributed by atoms with Gasteiger partial charge in [-0.2, -0.15) is 0 Å². The van der Waals surface area contributed by atoms with E-state index in [0.29, 0.717) is 11.7 Å². The number of likely N-dealkylation sites (tertiary alicyclic amines) is 1. The van der Waals surface area contributed by atoms with Gasteiger partial charge in [0.2, 0.25) is 0 Å². The molecule has 0 saturated carbocycles. The Bertz CT molecular complexity index is 448. The lowest BCUT2D eigenvalue weighted by Crippen LogP contribution is -2.39. The van der Waals surface area contributed by atoms with E-state index in [1.165, 1.54) is 0 Å². The highest BCUT2D eigenvalue weighted by atomic mass is 16.5. The first-order valence-electron chi connectivity index (χ1n) is 7.17. The molecule has 1 aliphatic heterocycles. The van der Waals surface area contributed by atoms with Crippen molar-refractivity contribution < 1.29 is 9.53 Å². The standard InChI is InChI=1S/C15H23N3O2/c1-2-20-13-7-5-9-18(11-13)10-12-6-3-4-8-14(12)15(19)17-16/h3-4,6,8,13H,2,5,7,9-11,16H2,1H3,(H,17,19). The monoisotopic (exact) mass is 277 g/mol. The highest BCUT2D eigenvalue weighted by Crippen LogP contribution is 2.18. The molecule has 1 fully saturated rings. The van der Waals surface area contributed by atoms with Gasteiger partial charge in [-0.25, -0.2) is 5.84 Å². The molecule has 0 spiro atoms. The normalized spacial score (nSPS) is 19.8. The van der Waals surface area contributed by atoms with E-state index in [0.717, 1.165) is 44.6 Å². The first-order chi connectivity index (χ1) is 9.74. The number of piperidine rings is 1. The van der Waals surface area contributed by atoms with Crippen LogP contribution >= 0.6 is 0 Å². The number of nitrogens with one attached hydrogen (secondary N) is 1. The lowest BCUT2D eigenvalue weighted by Gasteiger charge is -2.32. The van der Waals surface area contributed by atoms with Gasteiger partial charge in [-0.05, 0) is 37.9 Å². The van der Waals surface area contributed by atoms with Crippen molar-refractivity contribution in [1.82, 2.24) is 10.3 Å². The maximum Gasteiger partial charge on any atom is 0.265 e. The van der Waals surface area contributed by atoms with Gasteiger partial charge in [-0.1, -0.05) is 18.2 Å². The van der Waals surface area contributed by atoms with E-state index in [1.807, 2.05) is 31.2 Å². The number of nitrogens with two attached hydrogens (primary N) is 1. The van der Waals surface area contributed by atoms with Crippen LogP contribution in [0.15, 0.2) is 24.3 Å². The van der Waals surface area contributed by atoms with E-state index in [2.05, 4.69) is 10.3 Å². The Morgan fingerprint density at radius 2 is 2.30 bits per heavy atom. The van der Waals surface area contributed by atoms with E-state index in [4.69, 9.17) is 10.6 Å². The Hall–Kier alpha value is -1.43. The molecule has 0 radical (unpaired) electrons. The van der Waals surface area contributed by atoms with Gasteiger partial charge >= 0.3 is 0 Å². The second-order valence-electron chi connectivity index (χ2n) is 5.09. The Morgan fingerprint density at radius 1 is 1.50 bits per heavy atom. The van der Waals surface area contributed by atoms with Crippen LogP contribution < -0.4 is 11.3 Å². The molecule has 1 saturated heterocycles. The number of amides is 1. The fraction of sp³-hybridized carbons (Fsp3) is 0.533. The fourth-order valence-corrected chi connectivity index (χ4v) is 2.73. The first kappa shape index (κ1) is 15.0. The van der Waals surface area contributed by atoms with Gasteiger partial charge in [-0.3, -0.25) is 15.1 Å². The SMILES string of the molecule is CCOC1CCCN(Cc2ccccc2C(=O)NN)C1. The molecule has 1 aliphatic rings. The Balaban J connectivity index is 2.04. The van der Waals surface area contributed by atoms with Crippen LogP contribution in [0.5, 0.6) is 0 Å². The third kappa shape index (κ3) is 3.79. The topological polar surface area (TPSA) is 67.6 Å². The minimum atomic E-state index is -0.237. The van der Waals surface area contributed by atoms with E-state index in [-0.39, 0.29) is 5.91 Å². The number of benzene rings is 1. The zero-order valence-corrected chi connectivity index (χ0v) is 12.0. The van der Waals surface area contributed by atoms with Crippen LogP contribution in [-0.4, -0.2) is 36.6 Å². The van der Waals surface area contributed by atoms with Gasteiger partial charge in [0.1, 0.15) is 0 Å². The number of hydrogen-bond acceptors (Lipinski definition) is 4. The number of ether oxygens (including phenoxy) is 1. The van der Waals surface area contributed by atoms with Crippen LogP contribution in [0.2, 0.25) is 0 Å². The molecule has 20 heavy (non-hydrogen) atoms. The van der Waals surface area contributed by atoms with Crippen molar-refractivity contribution in [2.24, 2.45) is 5.84 Å². The number of carbonyl (C=O) groups is 1. The van der Waals surface area contributed by atoms with Gasteiger partial charge in [0.15, 0.2) is 0 Å². The predicted octanol–water partition coefficient (Wildman–Crippen LogP) is 1.29. The zero-order valence-electron chi connectivity index (χ0n) is 12.0. The van der Waals surface area contributed by atoms with Crippen molar-refractivity contribution >= 4 is 5.91 Å². The third-order valence-corrected chi connectivity index (χ3v) is 3.65. The van der Waals surface area contributed by atoms with E-state index >= 15 is 0 Å². The third-order valence-electron chi connectivity index (χ3n) is 3.65. The lowest BCUT2D eigenvalue weighted by atomic mass is 10.0. The summed E-state index contributed by atoms with van der Waals surface area (Å²) in [5, 5.41) is 0. The van der Waals surface area contributed by atoms with Crippen molar-refractivity contribution in [2.75, 3.05) is 19.7 Å². The predicted molar refractivity (Wildman–Crippen MR) is 78.0 cm³/mol. The molecule has 1 aromatic rings. The number of nitrogens with zero attached hydrogens (tertiary/aromatic N) is 1. The summed E-state index contributed by atoms with van der Waals surface area (Å²) >= 11 is 0. The van der Waals surface area contributed by atoms with Crippen LogP contribution in [0.4, 0.5) is 0 Å². The Kier molecular flexibility index (Phi) is 5.52. The van der Waals surface area contributed by atoms with Crippen molar-refractivity contribution in [3.05, 3.63) is 35.4 Å². The summed E-state index contributed by atoms with van der Waals surface area (Å²) in [5.74, 6) is 5.00. The largest absolute Gasteiger partial charge is 0.377 e. The molecule has 110 valence electrons. The van der Waals surface area contributed by atoms with Gasteiger partial charge in [-0.15, -0.1) is 0 Å². The molecule has 1 unspecified atom stereocenters. The highest BCUT2D eigenvalue weighted by molar-refractivity contribution is 5.95. The summed E-state index contributed by atoms with van der Waals surface area (Å²) in [6.45, 7) is 5.51. The minimum Gasteiger partial charge on any atom is -0.377 e. The van der Waals surface area contributed by atoms with Crippen LogP contribution in [0.25, 0.3) is 0 Å². The number of carbonyl (C=O) groups excluding carboxylic acids is 1. The number of hydrogen-bond donors (Lipinski definition) is 2. The summed E-state index contributed by atoms with van der Waals surface area (Å²) in [4.78, 5) is 14.1. The van der Waals surface area contributed by atoms with Crippen LogP contribution in [0.1, 0.15) is 35.7 Å². The molecule has 5 nitrogen and oxygen atoms in total.